The van der Waals surface area contributed by atoms with Crippen molar-refractivity contribution < 1.29 is 0 Å². The maximum Gasteiger partial charge on any atom is 0.164 e. The van der Waals surface area contributed by atoms with Gasteiger partial charge in [-0.2, -0.15) is 0 Å². The number of fused-ring (bicyclic) bond motifs is 8. The molecule has 53 heavy (non-hydrogen) atoms. The second kappa shape index (κ2) is 11.8. The van der Waals surface area contributed by atoms with Crippen molar-refractivity contribution in [2.75, 3.05) is 0 Å². The molecule has 0 saturated carbocycles. The molecule has 0 fully saturated rings. The lowest BCUT2D eigenvalue weighted by Crippen LogP contribution is -2.00. The average molecular weight is 696 g/mol. The number of aromatic nitrogens is 5. The summed E-state index contributed by atoms with van der Waals surface area (Å²) in [4.78, 5) is 14.9. The molecular weight excluding hydrogens is 667 g/mol. The highest BCUT2D eigenvalue weighted by Crippen LogP contribution is 2.44. The monoisotopic (exact) mass is 695 g/mol. The van der Waals surface area contributed by atoms with Crippen LogP contribution in [0.1, 0.15) is 0 Å². The van der Waals surface area contributed by atoms with Gasteiger partial charge in [0.2, 0.25) is 0 Å². The fourth-order valence-corrected chi connectivity index (χ4v) is 8.93. The first-order valence-corrected chi connectivity index (χ1v) is 18.5. The molecule has 0 unspecified atom stereocenters. The Hall–Kier alpha value is -6.89. The van der Waals surface area contributed by atoms with Crippen LogP contribution in [0.5, 0.6) is 0 Å². The van der Waals surface area contributed by atoms with E-state index in [1.54, 1.807) is 0 Å². The molecule has 0 aliphatic carbocycles. The fraction of sp³-hybridized carbons (Fsp3) is 0. The summed E-state index contributed by atoms with van der Waals surface area (Å²) in [5.74, 6) is 1.94. The molecule has 7 aromatic carbocycles. The van der Waals surface area contributed by atoms with Gasteiger partial charge in [-0.3, -0.25) is 0 Å². The number of hydrogen-bond acceptors (Lipinski definition) is 4. The first-order valence-electron chi connectivity index (χ1n) is 17.7. The van der Waals surface area contributed by atoms with Gasteiger partial charge in [-0.15, -0.1) is 11.3 Å². The molecule has 0 bridgehead atoms. The Morgan fingerprint density at radius 1 is 0.415 bits per heavy atom. The summed E-state index contributed by atoms with van der Waals surface area (Å²) in [5, 5.41) is 6.27. The van der Waals surface area contributed by atoms with Crippen LogP contribution in [-0.4, -0.2) is 24.1 Å². The Balaban J connectivity index is 1.14. The van der Waals surface area contributed by atoms with Crippen molar-refractivity contribution in [2.45, 2.75) is 0 Å². The normalized spacial score (nSPS) is 11.8. The molecule has 4 heterocycles. The van der Waals surface area contributed by atoms with Gasteiger partial charge in [0, 0.05) is 65.9 Å². The predicted molar refractivity (Wildman–Crippen MR) is 220 cm³/mol. The summed E-state index contributed by atoms with van der Waals surface area (Å²) < 4.78 is 7.31. The summed E-state index contributed by atoms with van der Waals surface area (Å²) in [6.45, 7) is 0. The van der Waals surface area contributed by atoms with Crippen molar-refractivity contribution in [3.05, 3.63) is 176 Å². The number of benzene rings is 7. The number of hydrogen-bond donors (Lipinski definition) is 0. The first kappa shape index (κ1) is 29.8. The van der Waals surface area contributed by atoms with Crippen molar-refractivity contribution >= 4 is 64.2 Å². The maximum absolute atomic E-state index is 4.99. The van der Waals surface area contributed by atoms with Crippen molar-refractivity contribution in [2.24, 2.45) is 0 Å². The van der Waals surface area contributed by atoms with Gasteiger partial charge in [-0.05, 0) is 60.7 Å². The highest BCUT2D eigenvalue weighted by atomic mass is 32.1. The third-order valence-electron chi connectivity index (χ3n) is 10.2. The van der Waals surface area contributed by atoms with Gasteiger partial charge in [0.1, 0.15) is 0 Å². The van der Waals surface area contributed by atoms with Crippen LogP contribution in [0, 0.1) is 0 Å². The quantitative estimate of drug-likeness (QED) is 0.180. The largest absolute Gasteiger partial charge is 0.316 e. The molecule has 11 rings (SSSR count). The lowest BCUT2D eigenvalue weighted by molar-refractivity contribution is 1.07. The zero-order chi connectivity index (χ0) is 34.9. The summed E-state index contributed by atoms with van der Waals surface area (Å²) in [6.07, 6.45) is 2.17. The Labute approximate surface area is 308 Å². The smallest absolute Gasteiger partial charge is 0.164 e. The van der Waals surface area contributed by atoms with E-state index in [0.717, 1.165) is 28.1 Å². The van der Waals surface area contributed by atoms with Crippen LogP contribution in [0.15, 0.2) is 176 Å². The molecule has 248 valence electrons. The summed E-state index contributed by atoms with van der Waals surface area (Å²) in [5.41, 5.74) is 8.62. The van der Waals surface area contributed by atoms with E-state index in [4.69, 9.17) is 15.0 Å². The molecule has 4 aromatic heterocycles. The predicted octanol–water partition coefficient (Wildman–Crippen LogP) is 12.3. The summed E-state index contributed by atoms with van der Waals surface area (Å²) in [6, 6.07) is 59.8. The molecule has 0 spiro atoms. The second-order valence-corrected chi connectivity index (χ2v) is 14.4. The first-order chi connectivity index (χ1) is 26.3. The van der Waals surface area contributed by atoms with Gasteiger partial charge in [-0.1, -0.05) is 109 Å². The van der Waals surface area contributed by atoms with Gasteiger partial charge in [0.15, 0.2) is 17.5 Å². The van der Waals surface area contributed by atoms with Gasteiger partial charge >= 0.3 is 0 Å². The minimum absolute atomic E-state index is 0.640. The van der Waals surface area contributed by atoms with Crippen molar-refractivity contribution in [1.29, 1.82) is 0 Å². The third-order valence-corrected chi connectivity index (χ3v) is 11.4. The van der Waals surface area contributed by atoms with Crippen molar-refractivity contribution in [3.8, 4) is 45.5 Å². The highest BCUT2D eigenvalue weighted by molar-refractivity contribution is 7.26. The molecular formula is C47H29N5S. The molecule has 0 amide bonds. The van der Waals surface area contributed by atoms with Crippen LogP contribution in [0.25, 0.3) is 98.4 Å². The van der Waals surface area contributed by atoms with Crippen LogP contribution in [0.2, 0.25) is 0 Å². The minimum atomic E-state index is 0.640. The second-order valence-electron chi connectivity index (χ2n) is 13.3. The van der Waals surface area contributed by atoms with E-state index >= 15 is 0 Å². The van der Waals surface area contributed by atoms with E-state index in [1.165, 1.54) is 52.9 Å². The zero-order valence-corrected chi connectivity index (χ0v) is 29.2. The number of thiophene rings is 1. The number of nitrogens with zero attached hydrogens (tertiary/aromatic N) is 5. The lowest BCUT2D eigenvalue weighted by Gasteiger charge is -2.12. The molecule has 6 heteroatoms. The van der Waals surface area contributed by atoms with E-state index in [-0.39, 0.29) is 0 Å². The van der Waals surface area contributed by atoms with Crippen LogP contribution in [0.3, 0.4) is 0 Å². The van der Waals surface area contributed by atoms with Crippen LogP contribution < -0.4 is 0 Å². The van der Waals surface area contributed by atoms with Crippen molar-refractivity contribution in [3.63, 3.8) is 0 Å². The Bertz CT molecular complexity index is 3080. The molecule has 0 N–H and O–H groups in total. The SMILES string of the molecule is c1ccc(-c2nc(-c3ccccc3)nc(-c3ccc(-n4c5cc6c(ccn6-c6ccccc6)cc5c5ccc6c7ccccc7sc6c54)cc3)n2)cc1. The molecule has 0 aliphatic rings. The molecule has 0 atom stereocenters. The molecule has 0 saturated heterocycles. The van der Waals surface area contributed by atoms with Crippen molar-refractivity contribution in [1.82, 2.24) is 24.1 Å². The van der Waals surface area contributed by atoms with Gasteiger partial charge in [-0.25, -0.2) is 15.0 Å². The Kier molecular flexibility index (Phi) is 6.66. The Morgan fingerprint density at radius 2 is 1.00 bits per heavy atom. The summed E-state index contributed by atoms with van der Waals surface area (Å²) in [7, 11) is 0. The molecule has 0 aliphatic heterocycles. The highest BCUT2D eigenvalue weighted by Gasteiger charge is 2.20. The van der Waals surface area contributed by atoms with Gasteiger partial charge in [0.25, 0.3) is 0 Å². The van der Waals surface area contributed by atoms with Crippen LogP contribution in [-0.2, 0) is 0 Å². The topological polar surface area (TPSA) is 48.5 Å². The van der Waals surface area contributed by atoms with E-state index in [2.05, 4.69) is 125 Å². The van der Waals surface area contributed by atoms with E-state index in [9.17, 15) is 0 Å². The van der Waals surface area contributed by atoms with Gasteiger partial charge in [0.05, 0.1) is 21.3 Å². The molecule has 5 nitrogen and oxygen atoms in total. The van der Waals surface area contributed by atoms with Crippen LogP contribution in [0.4, 0.5) is 0 Å². The number of rotatable bonds is 5. The standard InChI is InChI=1S/C47H29N5S/c1-4-12-30(13-5-1)45-48-46(31-14-6-2-7-15-31)50-47(49-45)32-20-22-35(23-21-32)52-41-29-40-33(26-27-51(40)34-16-8-3-9-17-34)28-39(41)37-24-25-38-36-18-10-11-19-42(36)53-44(38)43(37)52/h1-29H. The fourth-order valence-electron chi connectivity index (χ4n) is 7.69. The zero-order valence-electron chi connectivity index (χ0n) is 28.4. The van der Waals surface area contributed by atoms with E-state index in [1.807, 2.05) is 72.0 Å². The third kappa shape index (κ3) is 4.80. The number of para-hydroxylation sites is 1. The maximum atomic E-state index is 4.99. The molecule has 11 aromatic rings. The van der Waals surface area contributed by atoms with Gasteiger partial charge < -0.3 is 9.13 Å². The minimum Gasteiger partial charge on any atom is -0.316 e. The van der Waals surface area contributed by atoms with E-state index < -0.39 is 0 Å². The van der Waals surface area contributed by atoms with E-state index in [0.29, 0.717) is 17.5 Å². The average Bonchev–Trinajstić information content (AvgIpc) is 3.92. The Morgan fingerprint density at radius 3 is 1.68 bits per heavy atom. The van der Waals surface area contributed by atoms with Crippen LogP contribution >= 0.6 is 11.3 Å². The lowest BCUT2D eigenvalue weighted by atomic mass is 10.1. The molecule has 0 radical (unpaired) electrons. The summed E-state index contributed by atoms with van der Waals surface area (Å²) >= 11 is 1.87.